The summed E-state index contributed by atoms with van der Waals surface area (Å²) in [7, 11) is 0. The van der Waals surface area contributed by atoms with Crippen LogP contribution in [0.25, 0.3) is 0 Å². The van der Waals surface area contributed by atoms with Gasteiger partial charge in [0.2, 0.25) is 0 Å². The minimum Gasteiger partial charge on any atom is -0.313 e. The first-order chi connectivity index (χ1) is 9.29. The van der Waals surface area contributed by atoms with Gasteiger partial charge in [-0.05, 0) is 60.3 Å². The highest BCUT2D eigenvalue weighted by atomic mass is 19.1. The van der Waals surface area contributed by atoms with Gasteiger partial charge < -0.3 is 5.32 Å². The quantitative estimate of drug-likeness (QED) is 0.804. The van der Waals surface area contributed by atoms with E-state index in [1.807, 2.05) is 18.2 Å². The smallest absolute Gasteiger partial charge is 0.123 e. The molecule has 1 heterocycles. The molecule has 1 N–H and O–H groups in total. The molecule has 2 rings (SSSR count). The summed E-state index contributed by atoms with van der Waals surface area (Å²) in [6.45, 7) is 3.90. The molecule has 2 aromatic rings. The van der Waals surface area contributed by atoms with E-state index in [1.54, 1.807) is 18.5 Å². The van der Waals surface area contributed by atoms with Crippen molar-refractivity contribution in [1.82, 2.24) is 10.3 Å². The van der Waals surface area contributed by atoms with Gasteiger partial charge in [-0.3, -0.25) is 4.98 Å². The minimum atomic E-state index is -0.178. The van der Waals surface area contributed by atoms with Gasteiger partial charge in [0.25, 0.3) is 0 Å². The van der Waals surface area contributed by atoms with E-state index in [-0.39, 0.29) is 5.82 Å². The highest BCUT2D eigenvalue weighted by Crippen LogP contribution is 2.16. The van der Waals surface area contributed by atoms with Gasteiger partial charge in [-0.15, -0.1) is 0 Å². The molecule has 0 aliphatic carbocycles. The second kappa shape index (κ2) is 7.00. The van der Waals surface area contributed by atoms with Crippen LogP contribution in [0.3, 0.4) is 0 Å². The first kappa shape index (κ1) is 13.7. The molecule has 0 spiro atoms. The molecule has 0 fully saturated rings. The van der Waals surface area contributed by atoms with Crippen LogP contribution in [0.15, 0.2) is 42.7 Å². The maximum absolute atomic E-state index is 13.4. The van der Waals surface area contributed by atoms with Crippen molar-refractivity contribution in [3.8, 4) is 0 Å². The van der Waals surface area contributed by atoms with E-state index >= 15 is 0 Å². The maximum Gasteiger partial charge on any atom is 0.123 e. The van der Waals surface area contributed by atoms with Gasteiger partial charge in [0.05, 0.1) is 0 Å². The first-order valence-corrected chi connectivity index (χ1v) is 6.66. The maximum atomic E-state index is 13.4. The van der Waals surface area contributed by atoms with E-state index in [0.29, 0.717) is 0 Å². The normalized spacial score (nSPS) is 10.6. The van der Waals surface area contributed by atoms with Crippen molar-refractivity contribution in [3.05, 3.63) is 65.2 Å². The van der Waals surface area contributed by atoms with Crippen LogP contribution < -0.4 is 5.32 Å². The average molecular weight is 258 g/mol. The van der Waals surface area contributed by atoms with Crippen LogP contribution >= 0.6 is 0 Å². The first-order valence-electron chi connectivity index (χ1n) is 6.66. The summed E-state index contributed by atoms with van der Waals surface area (Å²) in [5.74, 6) is -0.178. The Morgan fingerprint density at radius 1 is 1.11 bits per heavy atom. The van der Waals surface area contributed by atoms with Crippen molar-refractivity contribution >= 4 is 0 Å². The monoisotopic (exact) mass is 258 g/mol. The summed E-state index contributed by atoms with van der Waals surface area (Å²) < 4.78 is 13.4. The van der Waals surface area contributed by atoms with Crippen LogP contribution in [0.2, 0.25) is 0 Å². The van der Waals surface area contributed by atoms with Crippen molar-refractivity contribution in [2.75, 3.05) is 6.54 Å². The lowest BCUT2D eigenvalue weighted by molar-refractivity contribution is 0.621. The third kappa shape index (κ3) is 4.14. The van der Waals surface area contributed by atoms with Crippen LogP contribution in [0.5, 0.6) is 0 Å². The minimum absolute atomic E-state index is 0.178. The highest BCUT2D eigenvalue weighted by molar-refractivity contribution is 5.32. The van der Waals surface area contributed by atoms with Gasteiger partial charge in [-0.25, -0.2) is 4.39 Å². The standard InChI is InChI=1S/C16H19FN2/c1-2-7-19-12-14-3-4-16(17)11-15(14)10-13-5-8-18-9-6-13/h3-6,8-9,11,19H,2,7,10,12H2,1H3. The molecular formula is C16H19FN2. The summed E-state index contributed by atoms with van der Waals surface area (Å²) in [5.41, 5.74) is 3.35. The molecule has 2 nitrogen and oxygen atoms in total. The Balaban J connectivity index is 2.15. The van der Waals surface area contributed by atoms with Crippen LogP contribution in [-0.2, 0) is 13.0 Å². The summed E-state index contributed by atoms with van der Waals surface area (Å²) >= 11 is 0. The van der Waals surface area contributed by atoms with Crippen molar-refractivity contribution in [2.24, 2.45) is 0 Å². The Bertz CT molecular complexity index is 511. The average Bonchev–Trinajstić information content (AvgIpc) is 2.43. The van der Waals surface area contributed by atoms with Crippen LogP contribution in [0, 0.1) is 5.82 Å². The molecule has 3 heteroatoms. The molecule has 0 unspecified atom stereocenters. The number of halogens is 1. The van der Waals surface area contributed by atoms with Gasteiger partial charge in [-0.2, -0.15) is 0 Å². The molecule has 0 saturated carbocycles. The van der Waals surface area contributed by atoms with E-state index in [2.05, 4.69) is 17.2 Å². The summed E-state index contributed by atoms with van der Waals surface area (Å²) in [6.07, 6.45) is 5.37. The number of hydrogen-bond donors (Lipinski definition) is 1. The van der Waals surface area contributed by atoms with Gasteiger partial charge in [0.15, 0.2) is 0 Å². The molecule has 1 aromatic heterocycles. The predicted molar refractivity (Wildman–Crippen MR) is 75.4 cm³/mol. The van der Waals surface area contributed by atoms with Gasteiger partial charge in [0.1, 0.15) is 5.82 Å². The predicted octanol–water partition coefficient (Wildman–Crippen LogP) is 3.31. The summed E-state index contributed by atoms with van der Waals surface area (Å²) in [4.78, 5) is 4.00. The molecule has 0 bridgehead atoms. The topological polar surface area (TPSA) is 24.9 Å². The lowest BCUT2D eigenvalue weighted by Crippen LogP contribution is -2.15. The number of nitrogens with one attached hydrogen (secondary N) is 1. The third-order valence-corrected chi connectivity index (χ3v) is 3.05. The van der Waals surface area contributed by atoms with E-state index in [1.165, 1.54) is 6.07 Å². The molecule has 1 aromatic carbocycles. The fraction of sp³-hybridized carbons (Fsp3) is 0.312. The van der Waals surface area contributed by atoms with Gasteiger partial charge in [-0.1, -0.05) is 13.0 Å². The Labute approximate surface area is 113 Å². The van der Waals surface area contributed by atoms with Gasteiger partial charge >= 0.3 is 0 Å². The lowest BCUT2D eigenvalue weighted by Gasteiger charge is -2.11. The zero-order chi connectivity index (χ0) is 13.5. The van der Waals surface area contributed by atoms with E-state index in [4.69, 9.17) is 0 Å². The Morgan fingerprint density at radius 2 is 1.89 bits per heavy atom. The number of aromatic nitrogens is 1. The second-order valence-electron chi connectivity index (χ2n) is 4.62. The molecule has 0 aliphatic rings. The molecule has 0 radical (unpaired) electrons. The lowest BCUT2D eigenvalue weighted by atomic mass is 10.00. The number of benzene rings is 1. The molecule has 0 saturated heterocycles. The fourth-order valence-corrected chi connectivity index (χ4v) is 2.05. The SMILES string of the molecule is CCCNCc1ccc(F)cc1Cc1ccncc1. The van der Waals surface area contributed by atoms with E-state index in [9.17, 15) is 4.39 Å². The number of rotatable bonds is 6. The third-order valence-electron chi connectivity index (χ3n) is 3.05. The summed E-state index contributed by atoms with van der Waals surface area (Å²) in [6, 6.07) is 8.96. The Morgan fingerprint density at radius 3 is 2.63 bits per heavy atom. The molecule has 19 heavy (non-hydrogen) atoms. The van der Waals surface area contributed by atoms with Crippen LogP contribution in [0.1, 0.15) is 30.0 Å². The fourth-order valence-electron chi connectivity index (χ4n) is 2.05. The van der Waals surface area contributed by atoms with Gasteiger partial charge in [0, 0.05) is 18.9 Å². The van der Waals surface area contributed by atoms with Crippen molar-refractivity contribution in [3.63, 3.8) is 0 Å². The molecular weight excluding hydrogens is 239 g/mol. The zero-order valence-electron chi connectivity index (χ0n) is 11.2. The van der Waals surface area contributed by atoms with Crippen molar-refractivity contribution in [2.45, 2.75) is 26.3 Å². The second-order valence-corrected chi connectivity index (χ2v) is 4.62. The number of hydrogen-bond acceptors (Lipinski definition) is 2. The molecule has 0 atom stereocenters. The Kier molecular flexibility index (Phi) is 5.04. The van der Waals surface area contributed by atoms with Crippen LogP contribution in [-0.4, -0.2) is 11.5 Å². The van der Waals surface area contributed by atoms with Crippen LogP contribution in [0.4, 0.5) is 4.39 Å². The van der Waals surface area contributed by atoms with E-state index in [0.717, 1.165) is 42.6 Å². The largest absolute Gasteiger partial charge is 0.313 e. The number of nitrogens with zero attached hydrogens (tertiary/aromatic N) is 1. The Hall–Kier alpha value is -1.74. The van der Waals surface area contributed by atoms with E-state index < -0.39 is 0 Å². The van der Waals surface area contributed by atoms with Crippen molar-refractivity contribution in [1.29, 1.82) is 0 Å². The molecule has 0 amide bonds. The molecule has 0 aliphatic heterocycles. The zero-order valence-corrected chi connectivity index (χ0v) is 11.2. The number of pyridine rings is 1. The highest BCUT2D eigenvalue weighted by Gasteiger charge is 2.05. The van der Waals surface area contributed by atoms with Crippen molar-refractivity contribution < 1.29 is 4.39 Å². The summed E-state index contributed by atoms with van der Waals surface area (Å²) in [5, 5.41) is 3.36. The molecule has 100 valence electrons.